The summed E-state index contributed by atoms with van der Waals surface area (Å²) >= 11 is 0. The predicted molar refractivity (Wildman–Crippen MR) is 93.0 cm³/mol. The Morgan fingerprint density at radius 2 is 1.83 bits per heavy atom. The van der Waals surface area contributed by atoms with Gasteiger partial charge in [-0.3, -0.25) is 4.72 Å². The van der Waals surface area contributed by atoms with Crippen LogP contribution in [0.1, 0.15) is 13.8 Å². The molecule has 24 heavy (non-hydrogen) atoms. The number of ether oxygens (including phenoxy) is 1. The van der Waals surface area contributed by atoms with E-state index in [0.29, 0.717) is 18.0 Å². The Morgan fingerprint density at radius 3 is 2.46 bits per heavy atom. The van der Waals surface area contributed by atoms with Crippen molar-refractivity contribution in [3.8, 4) is 5.75 Å². The molecule has 0 spiro atoms. The average Bonchev–Trinajstić information content (AvgIpc) is 2.44. The molecule has 0 bridgehead atoms. The SMILES string of the molecule is CC1(C)CN(c2ccc(F)cc2)c2ccc(NS(C)(=O)=O)cc2O1. The van der Waals surface area contributed by atoms with E-state index in [1.165, 1.54) is 12.1 Å². The van der Waals surface area contributed by atoms with Crippen molar-refractivity contribution in [3.63, 3.8) is 0 Å². The molecule has 2 aromatic carbocycles. The molecule has 5 nitrogen and oxygen atoms in total. The van der Waals surface area contributed by atoms with Crippen LogP contribution in [0, 0.1) is 5.82 Å². The molecule has 1 N–H and O–H groups in total. The highest BCUT2D eigenvalue weighted by atomic mass is 32.2. The topological polar surface area (TPSA) is 58.6 Å². The van der Waals surface area contributed by atoms with Crippen molar-refractivity contribution < 1.29 is 17.5 Å². The van der Waals surface area contributed by atoms with Gasteiger partial charge in [-0.05, 0) is 50.2 Å². The Hall–Kier alpha value is -2.28. The van der Waals surface area contributed by atoms with E-state index >= 15 is 0 Å². The first-order chi connectivity index (χ1) is 11.1. The third-order valence-corrected chi connectivity index (χ3v) is 4.22. The summed E-state index contributed by atoms with van der Waals surface area (Å²) < 4.78 is 44.5. The van der Waals surface area contributed by atoms with Gasteiger partial charge in [-0.1, -0.05) is 0 Å². The molecule has 0 aromatic heterocycles. The van der Waals surface area contributed by atoms with Gasteiger partial charge in [0.1, 0.15) is 17.2 Å². The van der Waals surface area contributed by atoms with E-state index in [1.807, 2.05) is 18.7 Å². The minimum atomic E-state index is -3.36. The fourth-order valence-corrected chi connectivity index (χ4v) is 3.30. The standard InChI is InChI=1S/C17H19FN2O3S/c1-17(2)11-20(14-7-4-12(18)5-8-14)15-9-6-13(10-16(15)23-17)19-24(3,21)22/h4-10,19H,11H2,1-3H3. The fourth-order valence-electron chi connectivity index (χ4n) is 2.74. The van der Waals surface area contributed by atoms with Gasteiger partial charge >= 0.3 is 0 Å². The van der Waals surface area contributed by atoms with Crippen LogP contribution in [0.15, 0.2) is 42.5 Å². The van der Waals surface area contributed by atoms with Crippen molar-refractivity contribution in [2.24, 2.45) is 0 Å². The number of halogens is 1. The summed E-state index contributed by atoms with van der Waals surface area (Å²) in [6.07, 6.45) is 1.10. The molecule has 1 heterocycles. The van der Waals surface area contributed by atoms with Gasteiger partial charge in [0.05, 0.1) is 24.2 Å². The largest absolute Gasteiger partial charge is 0.484 e. The smallest absolute Gasteiger partial charge is 0.229 e. The normalized spacial score (nSPS) is 16.2. The summed E-state index contributed by atoms with van der Waals surface area (Å²) in [4.78, 5) is 2.03. The highest BCUT2D eigenvalue weighted by molar-refractivity contribution is 7.92. The quantitative estimate of drug-likeness (QED) is 0.920. The van der Waals surface area contributed by atoms with Crippen LogP contribution in [0.25, 0.3) is 0 Å². The van der Waals surface area contributed by atoms with Crippen LogP contribution < -0.4 is 14.4 Å². The first-order valence-corrected chi connectivity index (χ1v) is 9.36. The first kappa shape index (κ1) is 16.6. The minimum absolute atomic E-state index is 0.292. The number of benzene rings is 2. The number of hydrogen-bond acceptors (Lipinski definition) is 4. The summed E-state index contributed by atoms with van der Waals surface area (Å²) in [5.74, 6) is 0.281. The number of nitrogens with one attached hydrogen (secondary N) is 1. The Balaban J connectivity index is 2.04. The average molecular weight is 350 g/mol. The van der Waals surface area contributed by atoms with Crippen LogP contribution in [0.2, 0.25) is 0 Å². The fraction of sp³-hybridized carbons (Fsp3) is 0.294. The summed E-state index contributed by atoms with van der Waals surface area (Å²) in [6, 6.07) is 11.4. The second-order valence-corrected chi connectivity index (χ2v) is 8.23. The lowest BCUT2D eigenvalue weighted by Crippen LogP contribution is -2.44. The monoisotopic (exact) mass is 350 g/mol. The van der Waals surface area contributed by atoms with E-state index in [-0.39, 0.29) is 5.82 Å². The number of hydrogen-bond donors (Lipinski definition) is 1. The van der Waals surface area contributed by atoms with E-state index < -0.39 is 15.6 Å². The molecule has 128 valence electrons. The minimum Gasteiger partial charge on any atom is -0.484 e. The molecule has 0 saturated carbocycles. The molecule has 0 fully saturated rings. The van der Waals surface area contributed by atoms with Crippen LogP contribution in [-0.4, -0.2) is 26.8 Å². The second kappa shape index (κ2) is 5.66. The molecule has 1 aliphatic rings. The van der Waals surface area contributed by atoms with Gasteiger partial charge in [-0.15, -0.1) is 0 Å². The van der Waals surface area contributed by atoms with Gasteiger partial charge < -0.3 is 9.64 Å². The number of rotatable bonds is 3. The third kappa shape index (κ3) is 3.62. The summed E-state index contributed by atoms with van der Waals surface area (Å²) in [5, 5.41) is 0. The maximum Gasteiger partial charge on any atom is 0.229 e. The molecule has 0 atom stereocenters. The zero-order valence-corrected chi connectivity index (χ0v) is 14.5. The second-order valence-electron chi connectivity index (χ2n) is 6.48. The zero-order valence-electron chi connectivity index (χ0n) is 13.7. The zero-order chi connectivity index (χ0) is 17.5. The molecule has 0 amide bonds. The predicted octanol–water partition coefficient (Wildman–Crippen LogP) is 3.51. The van der Waals surface area contributed by atoms with Crippen molar-refractivity contribution in [3.05, 3.63) is 48.3 Å². The molecule has 3 rings (SSSR count). The van der Waals surface area contributed by atoms with E-state index in [4.69, 9.17) is 4.74 Å². The molecular weight excluding hydrogens is 331 g/mol. The Bertz CT molecular complexity index is 864. The molecule has 0 saturated heterocycles. The van der Waals surface area contributed by atoms with Crippen molar-refractivity contribution in [1.82, 2.24) is 0 Å². The highest BCUT2D eigenvalue weighted by Crippen LogP contribution is 2.42. The molecule has 2 aromatic rings. The Labute approximate surface area is 141 Å². The van der Waals surface area contributed by atoms with Crippen LogP contribution in [0.5, 0.6) is 5.75 Å². The summed E-state index contributed by atoms with van der Waals surface area (Å²) in [6.45, 7) is 4.48. The first-order valence-electron chi connectivity index (χ1n) is 7.47. The molecule has 0 aliphatic carbocycles. The number of fused-ring (bicyclic) bond motifs is 1. The van der Waals surface area contributed by atoms with E-state index in [1.54, 1.807) is 30.3 Å². The van der Waals surface area contributed by atoms with E-state index in [9.17, 15) is 12.8 Å². The van der Waals surface area contributed by atoms with Crippen LogP contribution >= 0.6 is 0 Å². The lowest BCUT2D eigenvalue weighted by Gasteiger charge is -2.41. The van der Waals surface area contributed by atoms with E-state index in [0.717, 1.165) is 17.6 Å². The number of nitrogens with zero attached hydrogens (tertiary/aromatic N) is 1. The number of anilines is 3. The Morgan fingerprint density at radius 1 is 1.17 bits per heavy atom. The summed E-state index contributed by atoms with van der Waals surface area (Å²) in [5.41, 5.74) is 1.61. The molecule has 1 aliphatic heterocycles. The van der Waals surface area contributed by atoms with Crippen molar-refractivity contribution >= 4 is 27.1 Å². The van der Waals surface area contributed by atoms with E-state index in [2.05, 4.69) is 4.72 Å². The summed E-state index contributed by atoms with van der Waals surface area (Å²) in [7, 11) is -3.36. The number of sulfonamides is 1. The highest BCUT2D eigenvalue weighted by Gasteiger charge is 2.32. The van der Waals surface area contributed by atoms with Crippen molar-refractivity contribution in [1.29, 1.82) is 0 Å². The molecule has 0 unspecified atom stereocenters. The lowest BCUT2D eigenvalue weighted by molar-refractivity contribution is 0.109. The lowest BCUT2D eigenvalue weighted by atomic mass is 10.0. The van der Waals surface area contributed by atoms with Gasteiger partial charge in [0, 0.05) is 11.8 Å². The van der Waals surface area contributed by atoms with Gasteiger partial charge in [-0.2, -0.15) is 0 Å². The van der Waals surface area contributed by atoms with Crippen molar-refractivity contribution in [2.75, 3.05) is 22.4 Å². The van der Waals surface area contributed by atoms with Crippen LogP contribution in [0.4, 0.5) is 21.5 Å². The maximum atomic E-state index is 13.2. The molecule has 7 heteroatoms. The van der Waals surface area contributed by atoms with Gasteiger partial charge in [0.15, 0.2) is 0 Å². The third-order valence-electron chi connectivity index (χ3n) is 3.62. The molecular formula is C17H19FN2O3S. The van der Waals surface area contributed by atoms with Crippen molar-refractivity contribution in [2.45, 2.75) is 19.4 Å². The van der Waals surface area contributed by atoms with Gasteiger partial charge in [0.25, 0.3) is 0 Å². The van der Waals surface area contributed by atoms with Gasteiger partial charge in [-0.25, -0.2) is 12.8 Å². The van der Waals surface area contributed by atoms with Crippen LogP contribution in [0.3, 0.4) is 0 Å². The van der Waals surface area contributed by atoms with Crippen LogP contribution in [-0.2, 0) is 10.0 Å². The maximum absolute atomic E-state index is 13.2. The Kier molecular flexibility index (Phi) is 3.91. The van der Waals surface area contributed by atoms with Gasteiger partial charge in [0.2, 0.25) is 10.0 Å². The molecule has 0 radical (unpaired) electrons.